The monoisotopic (exact) mass is 475 g/mol. The number of amides is 1. The Morgan fingerprint density at radius 2 is 1.71 bits per heavy atom. The lowest BCUT2D eigenvalue weighted by atomic mass is 10.1. The van der Waals surface area contributed by atoms with Gasteiger partial charge >= 0.3 is 0 Å². The Balaban J connectivity index is 1.38. The van der Waals surface area contributed by atoms with Crippen molar-refractivity contribution in [2.75, 3.05) is 10.0 Å². The molecule has 0 fully saturated rings. The van der Waals surface area contributed by atoms with Crippen LogP contribution in [-0.2, 0) is 23.0 Å². The molecule has 0 saturated heterocycles. The highest BCUT2D eigenvalue weighted by atomic mass is 32.2. The number of aryl methyl sites for hydroxylation is 3. The van der Waals surface area contributed by atoms with E-state index in [4.69, 9.17) is 0 Å². The number of sulfonamides is 1. The number of carbonyl (C=O) groups excluding carboxylic acids is 1. The van der Waals surface area contributed by atoms with Crippen LogP contribution in [0.15, 0.2) is 84.1 Å². The first-order valence-electron chi connectivity index (χ1n) is 10.7. The Bertz CT molecular complexity index is 1400. The van der Waals surface area contributed by atoms with Gasteiger partial charge in [0.1, 0.15) is 0 Å². The molecular formula is C25H25N5O3S. The van der Waals surface area contributed by atoms with Crippen molar-refractivity contribution in [1.82, 2.24) is 14.8 Å². The van der Waals surface area contributed by atoms with Crippen molar-refractivity contribution >= 4 is 27.4 Å². The van der Waals surface area contributed by atoms with Crippen LogP contribution in [0.3, 0.4) is 0 Å². The number of nitrogens with zero attached hydrogens (tertiary/aromatic N) is 3. The predicted molar refractivity (Wildman–Crippen MR) is 131 cm³/mol. The van der Waals surface area contributed by atoms with E-state index in [2.05, 4.69) is 20.1 Å². The second kappa shape index (κ2) is 9.88. The van der Waals surface area contributed by atoms with Crippen LogP contribution < -0.4 is 10.0 Å². The summed E-state index contributed by atoms with van der Waals surface area (Å²) in [6.07, 6.45) is 6.09. The molecule has 1 amide bonds. The number of hydrogen-bond acceptors (Lipinski definition) is 5. The average molecular weight is 476 g/mol. The number of nitrogens with one attached hydrogen (secondary N) is 2. The summed E-state index contributed by atoms with van der Waals surface area (Å²) in [5.41, 5.74) is 3.87. The van der Waals surface area contributed by atoms with Crippen LogP contribution in [0.5, 0.6) is 0 Å². The van der Waals surface area contributed by atoms with E-state index in [-0.39, 0.29) is 10.8 Å². The number of anilines is 2. The number of carbonyl (C=O) groups is 1. The third-order valence-electron chi connectivity index (χ3n) is 5.54. The molecular weight excluding hydrogens is 450 g/mol. The van der Waals surface area contributed by atoms with Crippen molar-refractivity contribution in [3.63, 3.8) is 0 Å². The Labute approximate surface area is 198 Å². The van der Waals surface area contributed by atoms with Crippen LogP contribution in [-0.4, -0.2) is 29.1 Å². The summed E-state index contributed by atoms with van der Waals surface area (Å²) in [7, 11) is -3.78. The van der Waals surface area contributed by atoms with Gasteiger partial charge in [0.25, 0.3) is 15.9 Å². The summed E-state index contributed by atoms with van der Waals surface area (Å²) < 4.78 is 29.9. The van der Waals surface area contributed by atoms with E-state index in [0.717, 1.165) is 23.1 Å². The van der Waals surface area contributed by atoms with Crippen LogP contribution in [0.4, 0.5) is 11.5 Å². The highest BCUT2D eigenvalue weighted by molar-refractivity contribution is 7.92. The van der Waals surface area contributed by atoms with E-state index < -0.39 is 10.0 Å². The summed E-state index contributed by atoms with van der Waals surface area (Å²) in [6.45, 7) is 4.45. The maximum absolute atomic E-state index is 12.8. The summed E-state index contributed by atoms with van der Waals surface area (Å²) in [6, 6.07) is 16.8. The molecule has 2 aromatic heterocycles. The number of pyridine rings is 1. The number of aromatic nitrogens is 3. The molecule has 9 heteroatoms. The van der Waals surface area contributed by atoms with E-state index in [0.29, 0.717) is 23.6 Å². The van der Waals surface area contributed by atoms with E-state index in [9.17, 15) is 13.2 Å². The summed E-state index contributed by atoms with van der Waals surface area (Å²) in [4.78, 5) is 16.7. The fourth-order valence-electron chi connectivity index (χ4n) is 3.39. The Kier molecular flexibility index (Phi) is 6.74. The lowest BCUT2D eigenvalue weighted by molar-refractivity contribution is 0.102. The molecule has 0 unspecified atom stereocenters. The van der Waals surface area contributed by atoms with Gasteiger partial charge in [0, 0.05) is 36.8 Å². The molecule has 0 aliphatic carbocycles. The molecule has 0 atom stereocenters. The maximum Gasteiger partial charge on any atom is 0.261 e. The molecule has 174 valence electrons. The summed E-state index contributed by atoms with van der Waals surface area (Å²) >= 11 is 0. The van der Waals surface area contributed by atoms with Crippen LogP contribution >= 0.6 is 0 Å². The number of benzene rings is 2. The zero-order valence-corrected chi connectivity index (χ0v) is 19.7. The molecule has 0 bridgehead atoms. The van der Waals surface area contributed by atoms with Gasteiger partial charge in [-0.3, -0.25) is 19.2 Å². The first-order valence-corrected chi connectivity index (χ1v) is 12.2. The highest BCUT2D eigenvalue weighted by Crippen LogP contribution is 2.22. The Hall–Kier alpha value is -3.98. The third-order valence-corrected chi connectivity index (χ3v) is 6.92. The Morgan fingerprint density at radius 1 is 0.971 bits per heavy atom. The lowest BCUT2D eigenvalue weighted by Crippen LogP contribution is -2.15. The van der Waals surface area contributed by atoms with Gasteiger partial charge in [-0.1, -0.05) is 12.1 Å². The van der Waals surface area contributed by atoms with Crippen LogP contribution in [0, 0.1) is 13.8 Å². The second-order valence-electron chi connectivity index (χ2n) is 7.90. The molecule has 8 nitrogen and oxygen atoms in total. The molecule has 2 N–H and O–H groups in total. The average Bonchev–Trinajstić information content (AvgIpc) is 3.28. The minimum absolute atomic E-state index is 0.0744. The minimum atomic E-state index is -3.78. The van der Waals surface area contributed by atoms with Gasteiger partial charge in [-0.05, 0) is 79.4 Å². The van der Waals surface area contributed by atoms with Crippen LogP contribution in [0.25, 0.3) is 0 Å². The van der Waals surface area contributed by atoms with Gasteiger partial charge in [-0.15, -0.1) is 0 Å². The van der Waals surface area contributed by atoms with E-state index in [1.807, 2.05) is 32.0 Å². The lowest BCUT2D eigenvalue weighted by Gasteiger charge is -2.12. The van der Waals surface area contributed by atoms with Crippen LogP contribution in [0.1, 0.15) is 27.0 Å². The molecule has 2 heterocycles. The van der Waals surface area contributed by atoms with Gasteiger partial charge in [0.15, 0.2) is 5.82 Å². The Morgan fingerprint density at radius 3 is 2.44 bits per heavy atom. The summed E-state index contributed by atoms with van der Waals surface area (Å²) in [5.74, 6) is 0.0545. The third kappa shape index (κ3) is 5.49. The quantitative estimate of drug-likeness (QED) is 0.397. The molecule has 0 aliphatic heterocycles. The zero-order valence-electron chi connectivity index (χ0n) is 18.9. The molecule has 2 aromatic carbocycles. The maximum atomic E-state index is 12.8. The normalized spacial score (nSPS) is 11.2. The van der Waals surface area contributed by atoms with Crippen molar-refractivity contribution in [3.8, 4) is 0 Å². The first kappa shape index (κ1) is 23.2. The van der Waals surface area contributed by atoms with Gasteiger partial charge in [0.05, 0.1) is 10.6 Å². The van der Waals surface area contributed by atoms with Gasteiger partial charge < -0.3 is 5.32 Å². The van der Waals surface area contributed by atoms with Crippen molar-refractivity contribution in [2.24, 2.45) is 0 Å². The topological polar surface area (TPSA) is 106 Å². The molecule has 34 heavy (non-hydrogen) atoms. The van der Waals surface area contributed by atoms with Gasteiger partial charge in [-0.25, -0.2) is 8.42 Å². The van der Waals surface area contributed by atoms with E-state index >= 15 is 0 Å². The molecule has 0 aliphatic rings. The SMILES string of the molecule is Cc1cccc(NS(=O)(=O)c2ccc(C(=O)Nc3ccn(CCc4ccncc4)n3)cc2)c1C. The summed E-state index contributed by atoms with van der Waals surface area (Å²) in [5, 5.41) is 7.12. The standard InChI is InChI=1S/C25H25N5O3S/c1-18-4-3-5-23(19(18)2)29-34(32,33)22-8-6-21(7-9-22)25(31)27-24-13-17-30(28-24)16-12-20-10-14-26-15-11-20/h3-11,13-15,17,29H,12,16H2,1-2H3,(H,27,28,31). The van der Waals surface area contributed by atoms with Gasteiger partial charge in [-0.2, -0.15) is 5.10 Å². The molecule has 4 aromatic rings. The number of rotatable bonds is 8. The van der Waals surface area contributed by atoms with Crippen molar-refractivity contribution in [3.05, 3.63) is 102 Å². The number of hydrogen-bond donors (Lipinski definition) is 2. The predicted octanol–water partition coefficient (Wildman–Crippen LogP) is 4.19. The largest absolute Gasteiger partial charge is 0.305 e. The van der Waals surface area contributed by atoms with E-state index in [1.165, 1.54) is 24.3 Å². The molecule has 0 radical (unpaired) electrons. The van der Waals surface area contributed by atoms with Crippen molar-refractivity contribution < 1.29 is 13.2 Å². The fraction of sp³-hybridized carbons (Fsp3) is 0.160. The van der Waals surface area contributed by atoms with E-state index in [1.54, 1.807) is 41.5 Å². The molecule has 4 rings (SSSR count). The second-order valence-corrected chi connectivity index (χ2v) is 9.58. The smallest absolute Gasteiger partial charge is 0.261 e. The van der Waals surface area contributed by atoms with Crippen molar-refractivity contribution in [2.45, 2.75) is 31.7 Å². The minimum Gasteiger partial charge on any atom is -0.305 e. The fourth-order valence-corrected chi connectivity index (χ4v) is 4.51. The molecule has 0 saturated carbocycles. The first-order chi connectivity index (χ1) is 16.3. The molecule has 0 spiro atoms. The zero-order chi connectivity index (χ0) is 24.1. The van der Waals surface area contributed by atoms with Crippen molar-refractivity contribution in [1.29, 1.82) is 0 Å². The highest BCUT2D eigenvalue weighted by Gasteiger charge is 2.17. The van der Waals surface area contributed by atoms with Gasteiger partial charge in [0.2, 0.25) is 0 Å². The van der Waals surface area contributed by atoms with Crippen LogP contribution in [0.2, 0.25) is 0 Å².